The summed E-state index contributed by atoms with van der Waals surface area (Å²) in [5.74, 6) is -0.769. The van der Waals surface area contributed by atoms with Gasteiger partial charge in [0.1, 0.15) is 19.8 Å². The van der Waals surface area contributed by atoms with Gasteiger partial charge in [0.15, 0.2) is 6.10 Å². The minimum atomic E-state index is -4.38. The molecule has 0 saturated heterocycles. The maximum absolute atomic E-state index is 12.9. The summed E-state index contributed by atoms with van der Waals surface area (Å²) in [4.78, 5) is 35.8. The van der Waals surface area contributed by atoms with Crippen molar-refractivity contribution >= 4 is 19.8 Å². The van der Waals surface area contributed by atoms with E-state index in [1.165, 1.54) is 289 Å². The van der Waals surface area contributed by atoms with Gasteiger partial charge in [0.2, 0.25) is 0 Å². The van der Waals surface area contributed by atoms with E-state index in [1.807, 2.05) is 21.1 Å². The molecule has 0 radical (unpaired) electrons. The Balaban J connectivity index is 4.01. The van der Waals surface area contributed by atoms with Gasteiger partial charge in [0.05, 0.1) is 27.7 Å². The van der Waals surface area contributed by atoms with E-state index in [-0.39, 0.29) is 25.6 Å². The van der Waals surface area contributed by atoms with Crippen LogP contribution in [-0.2, 0) is 32.7 Å². The van der Waals surface area contributed by atoms with E-state index >= 15 is 0 Å². The first kappa shape index (κ1) is 74.0. The monoisotopic (exact) mass is 1080 g/mol. The molecule has 0 aromatic carbocycles. The third-order valence-electron chi connectivity index (χ3n) is 15.4. The zero-order chi connectivity index (χ0) is 54.9. The number of ether oxygens (including phenoxy) is 2. The second-order valence-electron chi connectivity index (χ2n) is 24.2. The molecule has 0 fully saturated rings. The summed E-state index contributed by atoms with van der Waals surface area (Å²) in [5, 5.41) is 0. The van der Waals surface area contributed by atoms with Crippen molar-refractivity contribution in [3.63, 3.8) is 0 Å². The van der Waals surface area contributed by atoms with Gasteiger partial charge in [-0.1, -0.05) is 328 Å². The zero-order valence-electron chi connectivity index (χ0n) is 51.1. The van der Waals surface area contributed by atoms with Crippen molar-refractivity contribution in [1.29, 1.82) is 0 Å². The molecular formula is C65H131NO8P+. The molecule has 0 aromatic heterocycles. The summed E-state index contributed by atoms with van der Waals surface area (Å²) in [6.45, 7) is 4.53. The summed E-state index contributed by atoms with van der Waals surface area (Å²) >= 11 is 0. The van der Waals surface area contributed by atoms with Crippen molar-refractivity contribution in [3.8, 4) is 0 Å². The van der Waals surface area contributed by atoms with Crippen LogP contribution in [0.3, 0.4) is 0 Å². The number of phosphoric ester groups is 1. The molecule has 0 aliphatic carbocycles. The van der Waals surface area contributed by atoms with Crippen molar-refractivity contribution in [3.05, 3.63) is 0 Å². The average molecular weight is 1090 g/mol. The lowest BCUT2D eigenvalue weighted by Crippen LogP contribution is -2.37. The Morgan fingerprint density at radius 3 is 0.853 bits per heavy atom. The Labute approximate surface area is 467 Å². The number of esters is 2. The largest absolute Gasteiger partial charge is 0.472 e. The van der Waals surface area contributed by atoms with Crippen LogP contribution in [0, 0.1) is 0 Å². The van der Waals surface area contributed by atoms with E-state index in [4.69, 9.17) is 18.5 Å². The van der Waals surface area contributed by atoms with Crippen LogP contribution in [0.25, 0.3) is 0 Å². The SMILES string of the molecule is CCCCCCCCCCCCCCCCCCCCCCCCCCCCCCC(=O)OC(COC(=O)CCCCCCCCCCCCCCCCCCCCCCCCC)COP(=O)(O)OCC[N+](C)(C)C. The van der Waals surface area contributed by atoms with Crippen molar-refractivity contribution in [2.75, 3.05) is 47.5 Å². The van der Waals surface area contributed by atoms with Gasteiger partial charge in [-0.15, -0.1) is 0 Å². The highest BCUT2D eigenvalue weighted by Crippen LogP contribution is 2.43. The second kappa shape index (κ2) is 57.7. The molecule has 0 aliphatic rings. The van der Waals surface area contributed by atoms with Gasteiger partial charge in [-0.3, -0.25) is 18.6 Å². The zero-order valence-corrected chi connectivity index (χ0v) is 52.0. The minimum Gasteiger partial charge on any atom is -0.462 e. The van der Waals surface area contributed by atoms with Gasteiger partial charge < -0.3 is 18.9 Å². The number of carbonyl (C=O) groups is 2. The third-order valence-corrected chi connectivity index (χ3v) is 16.4. The molecule has 75 heavy (non-hydrogen) atoms. The third kappa shape index (κ3) is 62.1. The molecule has 0 saturated carbocycles. The highest BCUT2D eigenvalue weighted by molar-refractivity contribution is 7.47. The molecule has 0 heterocycles. The quantitative estimate of drug-likeness (QED) is 0.0278. The molecule has 2 unspecified atom stereocenters. The summed E-state index contributed by atoms with van der Waals surface area (Å²) < 4.78 is 34.7. The van der Waals surface area contributed by atoms with E-state index < -0.39 is 26.5 Å². The van der Waals surface area contributed by atoms with Crippen LogP contribution in [0.2, 0.25) is 0 Å². The van der Waals surface area contributed by atoms with Gasteiger partial charge >= 0.3 is 19.8 Å². The molecule has 10 heteroatoms. The second-order valence-corrected chi connectivity index (χ2v) is 25.7. The van der Waals surface area contributed by atoms with Crippen molar-refractivity contribution in [2.45, 2.75) is 360 Å². The highest BCUT2D eigenvalue weighted by Gasteiger charge is 2.27. The first-order valence-corrected chi connectivity index (χ1v) is 34.8. The smallest absolute Gasteiger partial charge is 0.462 e. The summed E-state index contributed by atoms with van der Waals surface area (Å²) in [6.07, 6.45) is 67.7. The van der Waals surface area contributed by atoms with Crippen LogP contribution in [0.5, 0.6) is 0 Å². The average Bonchev–Trinajstić information content (AvgIpc) is 3.37. The first-order valence-electron chi connectivity index (χ1n) is 33.3. The molecule has 0 rings (SSSR count). The number of hydrogen-bond donors (Lipinski definition) is 1. The Morgan fingerprint density at radius 1 is 0.360 bits per heavy atom. The molecular weight excluding hydrogens is 954 g/mol. The number of likely N-dealkylation sites (N-methyl/N-ethyl adjacent to an activating group) is 1. The number of carbonyl (C=O) groups excluding carboxylic acids is 2. The fourth-order valence-corrected chi connectivity index (χ4v) is 11.0. The standard InChI is InChI=1S/C65H130NO8P/c1-6-8-10-12-14-16-18-20-22-24-26-28-30-31-32-33-34-36-38-40-42-44-46-48-50-52-54-56-58-65(68)74-63(62-73-75(69,70)72-60-59-66(3,4)5)61-71-64(67)57-55-53-51-49-47-45-43-41-39-37-35-29-27-25-23-21-19-17-15-13-11-9-7-2/h63H,6-62H2,1-5H3/p+1. The predicted octanol–water partition coefficient (Wildman–Crippen LogP) is 21.0. The molecule has 0 aromatic rings. The number of quaternary nitrogens is 1. The maximum Gasteiger partial charge on any atom is 0.472 e. The topological polar surface area (TPSA) is 108 Å². The van der Waals surface area contributed by atoms with Crippen molar-refractivity contribution in [2.24, 2.45) is 0 Å². The van der Waals surface area contributed by atoms with Crippen LogP contribution in [0.4, 0.5) is 0 Å². The number of phosphoric acid groups is 1. The molecule has 9 nitrogen and oxygen atoms in total. The summed E-state index contributed by atoms with van der Waals surface area (Å²) in [6, 6.07) is 0. The summed E-state index contributed by atoms with van der Waals surface area (Å²) in [5.41, 5.74) is 0. The van der Waals surface area contributed by atoms with E-state index in [0.29, 0.717) is 17.4 Å². The van der Waals surface area contributed by atoms with E-state index in [0.717, 1.165) is 38.5 Å². The van der Waals surface area contributed by atoms with Gasteiger partial charge in [-0.2, -0.15) is 0 Å². The van der Waals surface area contributed by atoms with E-state index in [1.54, 1.807) is 0 Å². The number of unbranched alkanes of at least 4 members (excludes halogenated alkanes) is 49. The number of hydrogen-bond acceptors (Lipinski definition) is 7. The van der Waals surface area contributed by atoms with Gasteiger partial charge in [0, 0.05) is 12.8 Å². The fraction of sp³-hybridized carbons (Fsp3) is 0.969. The normalized spacial score (nSPS) is 13.1. The van der Waals surface area contributed by atoms with Gasteiger partial charge in [-0.25, -0.2) is 4.57 Å². The van der Waals surface area contributed by atoms with Crippen LogP contribution in [0.15, 0.2) is 0 Å². The van der Waals surface area contributed by atoms with Gasteiger partial charge in [-0.05, 0) is 12.8 Å². The van der Waals surface area contributed by atoms with E-state index in [2.05, 4.69) is 13.8 Å². The lowest BCUT2D eigenvalue weighted by atomic mass is 10.0. The Kier molecular flexibility index (Phi) is 56.9. The Hall–Kier alpha value is -0.990. The molecule has 448 valence electrons. The fourth-order valence-electron chi connectivity index (χ4n) is 10.3. The van der Waals surface area contributed by atoms with Crippen LogP contribution in [-0.4, -0.2) is 74.9 Å². The van der Waals surface area contributed by atoms with Crippen LogP contribution >= 0.6 is 7.82 Å². The highest BCUT2D eigenvalue weighted by atomic mass is 31.2. The Morgan fingerprint density at radius 2 is 0.600 bits per heavy atom. The molecule has 0 bridgehead atoms. The molecule has 1 N–H and O–H groups in total. The Bertz CT molecular complexity index is 1230. The minimum absolute atomic E-state index is 0.0376. The van der Waals surface area contributed by atoms with Crippen LogP contribution < -0.4 is 0 Å². The van der Waals surface area contributed by atoms with Crippen molar-refractivity contribution < 1.29 is 42.1 Å². The number of nitrogens with zero attached hydrogens (tertiary/aromatic N) is 1. The predicted molar refractivity (Wildman–Crippen MR) is 322 cm³/mol. The summed E-state index contributed by atoms with van der Waals surface area (Å²) in [7, 11) is 1.51. The van der Waals surface area contributed by atoms with Crippen LogP contribution in [0.1, 0.15) is 354 Å². The lowest BCUT2D eigenvalue weighted by Gasteiger charge is -2.24. The molecule has 0 spiro atoms. The molecule has 0 aliphatic heterocycles. The number of rotatable bonds is 63. The first-order chi connectivity index (χ1) is 36.5. The molecule has 2 atom stereocenters. The maximum atomic E-state index is 12.9. The lowest BCUT2D eigenvalue weighted by molar-refractivity contribution is -0.870. The van der Waals surface area contributed by atoms with Crippen molar-refractivity contribution in [1.82, 2.24) is 0 Å². The van der Waals surface area contributed by atoms with Gasteiger partial charge in [0.25, 0.3) is 0 Å². The molecule has 0 amide bonds. The van der Waals surface area contributed by atoms with E-state index in [9.17, 15) is 19.0 Å².